The summed E-state index contributed by atoms with van der Waals surface area (Å²) in [6, 6.07) is 6.53. The molecule has 3 heterocycles. The second kappa shape index (κ2) is 5.71. The number of anilines is 2. The smallest absolute Gasteiger partial charge is 0.131 e. The van der Waals surface area contributed by atoms with Crippen LogP contribution in [0.4, 0.5) is 11.6 Å². The summed E-state index contributed by atoms with van der Waals surface area (Å²) in [5, 5.41) is 9.89. The first-order valence-electron chi connectivity index (χ1n) is 6.55. The molecule has 0 saturated carbocycles. The van der Waals surface area contributed by atoms with Gasteiger partial charge in [0.25, 0.3) is 0 Å². The van der Waals surface area contributed by atoms with Gasteiger partial charge >= 0.3 is 0 Å². The third kappa shape index (κ3) is 3.23. The Labute approximate surface area is 112 Å². The molecule has 1 aliphatic heterocycles. The molecule has 0 amide bonds. The van der Waals surface area contributed by atoms with Crippen molar-refractivity contribution in [1.82, 2.24) is 20.3 Å². The lowest BCUT2D eigenvalue weighted by Gasteiger charge is -2.28. The minimum Gasteiger partial charge on any atom is -0.370 e. The second-order valence-corrected chi connectivity index (χ2v) is 4.66. The van der Waals surface area contributed by atoms with E-state index < -0.39 is 0 Å². The van der Waals surface area contributed by atoms with Crippen molar-refractivity contribution >= 4 is 11.6 Å². The molecule has 2 aromatic rings. The zero-order valence-electron chi connectivity index (χ0n) is 10.7. The van der Waals surface area contributed by atoms with Crippen LogP contribution < -0.4 is 16.0 Å². The van der Waals surface area contributed by atoms with E-state index in [0.29, 0.717) is 6.04 Å². The van der Waals surface area contributed by atoms with E-state index in [2.05, 4.69) is 37.0 Å². The Kier molecular flexibility index (Phi) is 3.60. The lowest BCUT2D eigenvalue weighted by Crippen LogP contribution is -2.51. The summed E-state index contributed by atoms with van der Waals surface area (Å²) < 4.78 is 0. The molecule has 100 valence electrons. The Morgan fingerprint density at radius 3 is 2.89 bits per heavy atom. The highest BCUT2D eigenvalue weighted by Gasteiger charge is 2.16. The highest BCUT2D eigenvalue weighted by Crippen LogP contribution is 2.11. The Hall–Kier alpha value is -2.08. The summed E-state index contributed by atoms with van der Waals surface area (Å²) in [6.45, 7) is 2.85. The Bertz CT molecular complexity index is 506. The first kappa shape index (κ1) is 12.0. The number of nitrogens with zero attached hydrogens (tertiary/aromatic N) is 2. The minimum atomic E-state index is 0.488. The van der Waals surface area contributed by atoms with Crippen molar-refractivity contribution in [2.75, 3.05) is 30.3 Å². The molecule has 3 rings (SSSR count). The quantitative estimate of drug-likeness (QED) is 0.618. The topological polar surface area (TPSA) is 77.7 Å². The van der Waals surface area contributed by atoms with E-state index in [0.717, 1.165) is 37.7 Å². The van der Waals surface area contributed by atoms with Crippen molar-refractivity contribution in [2.24, 2.45) is 0 Å². The standard InChI is InChI=1S/C13H18N6/c1-2-10(15-4-1)3-5-16-12-6-13(18-9-17-12)19-11-7-14-8-11/h1-2,4,6,9,11,14-15H,3,5,7-8H2,(H2,16,17,18,19). The molecule has 6 heteroatoms. The molecule has 1 saturated heterocycles. The number of aromatic amines is 1. The van der Waals surface area contributed by atoms with Crippen LogP contribution in [0, 0.1) is 0 Å². The summed E-state index contributed by atoms with van der Waals surface area (Å²) in [5.41, 5.74) is 1.22. The summed E-state index contributed by atoms with van der Waals surface area (Å²) in [7, 11) is 0. The third-order valence-electron chi connectivity index (χ3n) is 3.16. The van der Waals surface area contributed by atoms with Crippen LogP contribution in [-0.4, -0.2) is 40.6 Å². The Morgan fingerprint density at radius 1 is 1.26 bits per heavy atom. The van der Waals surface area contributed by atoms with Gasteiger partial charge in [0, 0.05) is 44.0 Å². The SMILES string of the molecule is c1c[nH]c(CCNc2cc(NC3CNC3)ncn2)c1. The number of hydrogen-bond donors (Lipinski definition) is 4. The van der Waals surface area contributed by atoms with Gasteiger partial charge in [-0.15, -0.1) is 0 Å². The molecule has 6 nitrogen and oxygen atoms in total. The maximum Gasteiger partial charge on any atom is 0.131 e. The molecule has 0 aromatic carbocycles. The molecular formula is C13H18N6. The number of nitrogens with one attached hydrogen (secondary N) is 4. The number of rotatable bonds is 6. The highest BCUT2D eigenvalue weighted by atomic mass is 15.1. The predicted molar refractivity (Wildman–Crippen MR) is 75.3 cm³/mol. The summed E-state index contributed by atoms with van der Waals surface area (Å²) in [5.74, 6) is 1.74. The predicted octanol–water partition coefficient (Wildman–Crippen LogP) is 0.843. The van der Waals surface area contributed by atoms with Crippen LogP contribution in [0.3, 0.4) is 0 Å². The number of aromatic nitrogens is 3. The fraction of sp³-hybridized carbons (Fsp3) is 0.385. The van der Waals surface area contributed by atoms with Gasteiger partial charge in [-0.25, -0.2) is 9.97 Å². The number of H-pyrrole nitrogens is 1. The van der Waals surface area contributed by atoms with Crippen molar-refractivity contribution in [3.8, 4) is 0 Å². The van der Waals surface area contributed by atoms with Gasteiger partial charge in [-0.1, -0.05) is 0 Å². The van der Waals surface area contributed by atoms with Gasteiger partial charge in [-0.2, -0.15) is 0 Å². The zero-order chi connectivity index (χ0) is 12.9. The Balaban J connectivity index is 1.50. The zero-order valence-corrected chi connectivity index (χ0v) is 10.7. The van der Waals surface area contributed by atoms with Crippen molar-refractivity contribution in [3.63, 3.8) is 0 Å². The monoisotopic (exact) mass is 258 g/mol. The van der Waals surface area contributed by atoms with Crippen LogP contribution in [0.15, 0.2) is 30.7 Å². The molecule has 19 heavy (non-hydrogen) atoms. The van der Waals surface area contributed by atoms with Crippen LogP contribution in [0.1, 0.15) is 5.69 Å². The molecule has 1 aliphatic rings. The molecule has 4 N–H and O–H groups in total. The maximum absolute atomic E-state index is 4.22. The third-order valence-corrected chi connectivity index (χ3v) is 3.16. The van der Waals surface area contributed by atoms with Gasteiger partial charge in [0.1, 0.15) is 18.0 Å². The van der Waals surface area contributed by atoms with Gasteiger partial charge in [0.2, 0.25) is 0 Å². The van der Waals surface area contributed by atoms with Crippen LogP contribution in [0.25, 0.3) is 0 Å². The first-order chi connectivity index (χ1) is 9.40. The van der Waals surface area contributed by atoms with E-state index in [4.69, 9.17) is 0 Å². The molecule has 0 aliphatic carbocycles. The van der Waals surface area contributed by atoms with E-state index in [1.807, 2.05) is 18.3 Å². The maximum atomic E-state index is 4.22. The molecule has 0 atom stereocenters. The van der Waals surface area contributed by atoms with Crippen molar-refractivity contribution in [2.45, 2.75) is 12.5 Å². The second-order valence-electron chi connectivity index (χ2n) is 4.66. The molecule has 0 radical (unpaired) electrons. The minimum absolute atomic E-state index is 0.488. The fourth-order valence-corrected chi connectivity index (χ4v) is 1.98. The molecule has 1 fully saturated rings. The van der Waals surface area contributed by atoms with E-state index in [-0.39, 0.29) is 0 Å². The Morgan fingerprint density at radius 2 is 2.16 bits per heavy atom. The van der Waals surface area contributed by atoms with Crippen LogP contribution in [-0.2, 0) is 6.42 Å². The fourth-order valence-electron chi connectivity index (χ4n) is 1.98. The average Bonchev–Trinajstić information content (AvgIpc) is 2.88. The van der Waals surface area contributed by atoms with Crippen LogP contribution >= 0.6 is 0 Å². The van der Waals surface area contributed by atoms with Crippen LogP contribution in [0.5, 0.6) is 0 Å². The lowest BCUT2D eigenvalue weighted by atomic mass is 10.2. The van der Waals surface area contributed by atoms with Crippen molar-refractivity contribution < 1.29 is 0 Å². The van der Waals surface area contributed by atoms with E-state index in [1.165, 1.54) is 5.69 Å². The lowest BCUT2D eigenvalue weighted by molar-refractivity contribution is 0.471. The van der Waals surface area contributed by atoms with Crippen molar-refractivity contribution in [3.05, 3.63) is 36.4 Å². The molecule has 0 spiro atoms. The van der Waals surface area contributed by atoms with E-state index >= 15 is 0 Å². The largest absolute Gasteiger partial charge is 0.370 e. The molecule has 2 aromatic heterocycles. The molecule has 0 unspecified atom stereocenters. The van der Waals surface area contributed by atoms with E-state index in [9.17, 15) is 0 Å². The summed E-state index contributed by atoms with van der Waals surface area (Å²) in [4.78, 5) is 11.6. The molecule has 0 bridgehead atoms. The van der Waals surface area contributed by atoms with Crippen molar-refractivity contribution in [1.29, 1.82) is 0 Å². The van der Waals surface area contributed by atoms with Crippen LogP contribution in [0.2, 0.25) is 0 Å². The first-order valence-corrected chi connectivity index (χ1v) is 6.55. The normalized spacial score (nSPS) is 14.9. The van der Waals surface area contributed by atoms with E-state index in [1.54, 1.807) is 6.33 Å². The summed E-state index contributed by atoms with van der Waals surface area (Å²) >= 11 is 0. The molecular weight excluding hydrogens is 240 g/mol. The number of hydrogen-bond acceptors (Lipinski definition) is 5. The van der Waals surface area contributed by atoms with Gasteiger partial charge in [-0.05, 0) is 12.1 Å². The summed E-state index contributed by atoms with van der Waals surface area (Å²) in [6.07, 6.45) is 4.48. The average molecular weight is 258 g/mol. The van der Waals surface area contributed by atoms with Gasteiger partial charge in [0.05, 0.1) is 6.04 Å². The van der Waals surface area contributed by atoms with Gasteiger partial charge < -0.3 is 20.9 Å². The van der Waals surface area contributed by atoms with Gasteiger partial charge in [0.15, 0.2) is 0 Å². The highest BCUT2D eigenvalue weighted by molar-refractivity contribution is 5.47. The van der Waals surface area contributed by atoms with Gasteiger partial charge in [-0.3, -0.25) is 0 Å².